The van der Waals surface area contributed by atoms with Crippen LogP contribution in [0.3, 0.4) is 0 Å². The molecule has 220 valence electrons. The molecule has 0 aliphatic carbocycles. The van der Waals surface area contributed by atoms with Crippen molar-refractivity contribution in [3.8, 4) is 5.88 Å². The van der Waals surface area contributed by atoms with Gasteiger partial charge in [0.25, 0.3) is 5.88 Å². The molecule has 12 nitrogen and oxygen atoms in total. The SMILES string of the molecule is CCCOCN(c1ncc(SC[C@H](NC(=O)OC(C)(C)C)C(=O)NC)nc1OC)S(=O)(=O)C(C)C.CSC. The van der Waals surface area contributed by atoms with Crippen molar-refractivity contribution >= 4 is 51.4 Å². The lowest BCUT2D eigenvalue weighted by Crippen LogP contribution is -2.48. The summed E-state index contributed by atoms with van der Waals surface area (Å²) < 4.78 is 42.9. The second-order valence-electron chi connectivity index (χ2n) is 9.05. The van der Waals surface area contributed by atoms with Crippen LogP contribution in [0, 0.1) is 0 Å². The van der Waals surface area contributed by atoms with Gasteiger partial charge in [0.2, 0.25) is 21.7 Å². The Morgan fingerprint density at radius 3 is 2.29 bits per heavy atom. The lowest BCUT2D eigenvalue weighted by Gasteiger charge is -2.26. The van der Waals surface area contributed by atoms with Crippen molar-refractivity contribution in [2.75, 3.05) is 50.1 Å². The van der Waals surface area contributed by atoms with Crippen LogP contribution in [0.15, 0.2) is 11.2 Å². The van der Waals surface area contributed by atoms with Crippen molar-refractivity contribution in [1.82, 2.24) is 20.6 Å². The largest absolute Gasteiger partial charge is 0.478 e. The number of carbonyl (C=O) groups excluding carboxylic acids is 2. The van der Waals surface area contributed by atoms with Gasteiger partial charge in [0, 0.05) is 19.4 Å². The second-order valence-corrected chi connectivity index (χ2v) is 13.3. The minimum absolute atomic E-state index is 0.00335. The van der Waals surface area contributed by atoms with Gasteiger partial charge in [-0.25, -0.2) is 27.5 Å². The van der Waals surface area contributed by atoms with Crippen LogP contribution in [-0.4, -0.2) is 93.0 Å². The van der Waals surface area contributed by atoms with Crippen molar-refractivity contribution < 1.29 is 32.2 Å². The summed E-state index contributed by atoms with van der Waals surface area (Å²) in [5.74, 6) is -0.321. The maximum absolute atomic E-state index is 12.9. The highest BCUT2D eigenvalue weighted by atomic mass is 32.2. The summed E-state index contributed by atoms with van der Waals surface area (Å²) in [6, 6.07) is -0.910. The molecule has 2 amide bonds. The average molecular weight is 598 g/mol. The normalized spacial score (nSPS) is 12.2. The Balaban J connectivity index is 0.00000434. The Morgan fingerprint density at radius 2 is 1.82 bits per heavy atom. The highest BCUT2D eigenvalue weighted by Crippen LogP contribution is 2.30. The van der Waals surface area contributed by atoms with Gasteiger partial charge in [-0.05, 0) is 53.6 Å². The zero-order valence-corrected chi connectivity index (χ0v) is 26.4. The molecule has 38 heavy (non-hydrogen) atoms. The average Bonchev–Trinajstić information content (AvgIpc) is 2.83. The third-order valence-electron chi connectivity index (χ3n) is 4.24. The molecule has 0 saturated carbocycles. The quantitative estimate of drug-likeness (QED) is 0.196. The first-order chi connectivity index (χ1) is 17.7. The molecular formula is C23H43N5O7S3. The Kier molecular flexibility index (Phi) is 16.7. The van der Waals surface area contributed by atoms with Crippen molar-refractivity contribution in [3.05, 3.63) is 6.20 Å². The van der Waals surface area contributed by atoms with Crippen molar-refractivity contribution in [1.29, 1.82) is 0 Å². The van der Waals surface area contributed by atoms with Gasteiger partial charge in [-0.15, -0.1) is 11.8 Å². The second kappa shape index (κ2) is 17.6. The molecule has 1 atom stereocenters. The van der Waals surface area contributed by atoms with Gasteiger partial charge >= 0.3 is 6.09 Å². The third-order valence-corrected chi connectivity index (χ3v) is 7.32. The zero-order valence-electron chi connectivity index (χ0n) is 24.0. The summed E-state index contributed by atoms with van der Waals surface area (Å²) in [6.07, 6.45) is 5.45. The lowest BCUT2D eigenvalue weighted by molar-refractivity contribution is -0.122. The summed E-state index contributed by atoms with van der Waals surface area (Å²) in [5, 5.41) is 4.67. The van der Waals surface area contributed by atoms with E-state index in [9.17, 15) is 18.0 Å². The Bertz CT molecular complexity index is 973. The van der Waals surface area contributed by atoms with Crippen LogP contribution in [0.1, 0.15) is 48.0 Å². The smallest absolute Gasteiger partial charge is 0.408 e. The van der Waals surface area contributed by atoms with E-state index in [-0.39, 0.29) is 24.2 Å². The Morgan fingerprint density at radius 1 is 1.21 bits per heavy atom. The predicted molar refractivity (Wildman–Crippen MR) is 154 cm³/mol. The predicted octanol–water partition coefficient (Wildman–Crippen LogP) is 3.12. The van der Waals surface area contributed by atoms with Gasteiger partial charge in [0.1, 0.15) is 23.4 Å². The molecule has 0 aliphatic heterocycles. The van der Waals surface area contributed by atoms with E-state index < -0.39 is 38.9 Å². The molecule has 0 radical (unpaired) electrons. The van der Waals surface area contributed by atoms with E-state index in [2.05, 4.69) is 20.6 Å². The topological polar surface area (TPSA) is 149 Å². The van der Waals surface area contributed by atoms with E-state index in [4.69, 9.17) is 14.2 Å². The van der Waals surface area contributed by atoms with Crippen LogP contribution in [-0.2, 0) is 24.3 Å². The van der Waals surface area contributed by atoms with Crippen LogP contribution in [0.4, 0.5) is 10.6 Å². The van der Waals surface area contributed by atoms with Gasteiger partial charge < -0.3 is 24.8 Å². The fraction of sp³-hybridized carbons (Fsp3) is 0.739. The van der Waals surface area contributed by atoms with E-state index in [0.29, 0.717) is 11.6 Å². The standard InChI is InChI=1S/C21H37N5O7S2.C2H6S/c1-9-10-32-13-26(35(29,30)14(2)3)17-19(31-8)25-16(11-23-17)34-12-15(18(27)22-7)24-20(28)33-21(4,5)6;1-3-2/h11,14-15H,9-10,12-13H2,1-8H3,(H,22,27)(H,24,28);1-2H3/t15-;/m0./s1. The van der Waals surface area contributed by atoms with E-state index in [1.807, 2.05) is 19.4 Å². The number of nitrogens with one attached hydrogen (secondary N) is 2. The number of alkyl carbamates (subject to hydrolysis) is 1. The van der Waals surface area contributed by atoms with Gasteiger partial charge in [0.15, 0.2) is 0 Å². The van der Waals surface area contributed by atoms with Gasteiger partial charge in [0.05, 0.1) is 18.6 Å². The monoisotopic (exact) mass is 597 g/mol. The summed E-state index contributed by atoms with van der Waals surface area (Å²) in [4.78, 5) is 33.0. The molecule has 1 rings (SSSR count). The number of hydrogen-bond donors (Lipinski definition) is 2. The molecule has 0 unspecified atom stereocenters. The number of carbonyl (C=O) groups is 2. The van der Waals surface area contributed by atoms with E-state index in [1.54, 1.807) is 46.4 Å². The number of nitrogens with zero attached hydrogens (tertiary/aromatic N) is 3. The van der Waals surface area contributed by atoms with E-state index in [1.165, 1.54) is 20.4 Å². The molecule has 1 aromatic heterocycles. The number of amides is 2. The summed E-state index contributed by atoms with van der Waals surface area (Å²) in [5.41, 5.74) is -0.720. The molecule has 1 heterocycles. The fourth-order valence-corrected chi connectivity index (χ4v) is 4.45. The number of methoxy groups -OCH3 is 1. The van der Waals surface area contributed by atoms with Crippen LogP contribution >= 0.6 is 23.5 Å². The maximum Gasteiger partial charge on any atom is 0.408 e. The first-order valence-corrected chi connectivity index (χ1v) is 16.0. The Hall–Kier alpha value is -1.97. The lowest BCUT2D eigenvalue weighted by atomic mass is 10.2. The number of sulfonamides is 1. The molecule has 0 aromatic carbocycles. The van der Waals surface area contributed by atoms with Gasteiger partial charge in [-0.2, -0.15) is 11.8 Å². The number of thioether (sulfide) groups is 2. The molecule has 0 saturated heterocycles. The number of anilines is 1. The van der Waals surface area contributed by atoms with Crippen LogP contribution in [0.5, 0.6) is 5.88 Å². The van der Waals surface area contributed by atoms with E-state index in [0.717, 1.165) is 22.5 Å². The summed E-state index contributed by atoms with van der Waals surface area (Å²) >= 11 is 2.88. The molecule has 2 N–H and O–H groups in total. The highest BCUT2D eigenvalue weighted by Gasteiger charge is 2.31. The minimum Gasteiger partial charge on any atom is -0.478 e. The van der Waals surface area contributed by atoms with Crippen molar-refractivity contribution in [3.63, 3.8) is 0 Å². The van der Waals surface area contributed by atoms with Crippen LogP contribution in [0.25, 0.3) is 0 Å². The molecule has 1 aromatic rings. The zero-order chi connectivity index (χ0) is 29.5. The van der Waals surface area contributed by atoms with Crippen LogP contribution < -0.4 is 19.7 Å². The maximum atomic E-state index is 12.9. The molecule has 0 bridgehead atoms. The number of rotatable bonds is 13. The summed E-state index contributed by atoms with van der Waals surface area (Å²) in [6.45, 7) is 10.3. The number of ether oxygens (including phenoxy) is 3. The number of hydrogen-bond acceptors (Lipinski definition) is 11. The van der Waals surface area contributed by atoms with Crippen molar-refractivity contribution in [2.24, 2.45) is 0 Å². The highest BCUT2D eigenvalue weighted by molar-refractivity contribution is 7.99. The molecule has 0 spiro atoms. The molecular weight excluding hydrogens is 554 g/mol. The van der Waals surface area contributed by atoms with Gasteiger partial charge in [-0.1, -0.05) is 6.92 Å². The third kappa shape index (κ3) is 12.7. The van der Waals surface area contributed by atoms with Crippen LogP contribution in [0.2, 0.25) is 0 Å². The summed E-state index contributed by atoms with van der Waals surface area (Å²) in [7, 11) is -0.971. The van der Waals surface area contributed by atoms with Gasteiger partial charge in [-0.3, -0.25) is 4.79 Å². The first-order valence-electron chi connectivity index (χ1n) is 11.9. The minimum atomic E-state index is -3.78. The number of likely N-dealkylation sites (N-methyl/N-ethyl adjacent to an activating group) is 1. The fourth-order valence-electron chi connectivity index (χ4n) is 2.51. The molecule has 0 aliphatic rings. The molecule has 0 fully saturated rings. The van der Waals surface area contributed by atoms with Crippen molar-refractivity contribution in [2.45, 2.75) is 69.9 Å². The van der Waals surface area contributed by atoms with E-state index >= 15 is 0 Å². The molecule has 15 heteroatoms. The number of aromatic nitrogens is 2. The first kappa shape index (κ1) is 36.0. The Labute approximate surface area is 235 Å².